The van der Waals surface area contributed by atoms with Gasteiger partial charge in [-0.05, 0) is 70.4 Å². The first-order valence-corrected chi connectivity index (χ1v) is 12.6. The van der Waals surface area contributed by atoms with Gasteiger partial charge in [0.15, 0.2) is 0 Å². The molecule has 35 heavy (non-hydrogen) atoms. The molecule has 0 aromatic carbocycles. The number of nitrogens with one attached hydrogen (secondary N) is 1. The Labute approximate surface area is 202 Å². The van der Waals surface area contributed by atoms with Gasteiger partial charge in [0.2, 0.25) is 11.7 Å². The summed E-state index contributed by atoms with van der Waals surface area (Å²) < 4.78 is 15.7. The molecule has 182 valence electrons. The normalized spacial score (nSPS) is 27.8. The number of carbonyl (C=O) groups excluding carboxylic acids is 1. The number of hydrogen-bond donors (Lipinski definition) is 1. The van der Waals surface area contributed by atoms with Crippen molar-refractivity contribution in [1.82, 2.24) is 18.9 Å². The summed E-state index contributed by atoms with van der Waals surface area (Å²) in [6.07, 6.45) is 13.5. The summed E-state index contributed by atoms with van der Waals surface area (Å²) in [5, 5.41) is 2.81. The summed E-state index contributed by atoms with van der Waals surface area (Å²) in [5.41, 5.74) is 1.15. The largest absolute Gasteiger partial charge is 0.474 e. The van der Waals surface area contributed by atoms with Gasteiger partial charge in [0.05, 0.1) is 17.9 Å². The van der Waals surface area contributed by atoms with E-state index < -0.39 is 5.91 Å². The molecule has 3 aromatic heterocycles. The maximum absolute atomic E-state index is 13.4. The highest BCUT2D eigenvalue weighted by Crippen LogP contribution is 2.53. The smallest absolute Gasteiger partial charge is 0.274 e. The molecule has 0 radical (unpaired) electrons. The molecular formula is C26H29N5O4. The molecular weight excluding hydrogens is 446 g/mol. The summed E-state index contributed by atoms with van der Waals surface area (Å²) in [5.74, 6) is 0.369. The Morgan fingerprint density at radius 1 is 1.20 bits per heavy atom. The fourth-order valence-corrected chi connectivity index (χ4v) is 5.74. The molecule has 3 aliphatic carbocycles. The van der Waals surface area contributed by atoms with E-state index in [1.165, 1.54) is 0 Å². The molecule has 1 aliphatic heterocycles. The number of imidazole rings is 1. The van der Waals surface area contributed by atoms with Gasteiger partial charge in [0, 0.05) is 30.0 Å². The number of rotatable bonds is 6. The van der Waals surface area contributed by atoms with Gasteiger partial charge in [0.1, 0.15) is 17.4 Å². The van der Waals surface area contributed by atoms with Gasteiger partial charge in [-0.3, -0.25) is 14.0 Å². The highest BCUT2D eigenvalue weighted by molar-refractivity contribution is 6.05. The van der Waals surface area contributed by atoms with Gasteiger partial charge in [-0.1, -0.05) is 0 Å². The number of aromatic nitrogens is 4. The van der Waals surface area contributed by atoms with E-state index in [1.54, 1.807) is 33.5 Å². The molecule has 3 saturated carbocycles. The maximum Gasteiger partial charge on any atom is 0.274 e. The van der Waals surface area contributed by atoms with Crippen LogP contribution in [0.4, 0.5) is 5.69 Å². The molecule has 0 spiro atoms. The molecule has 7 rings (SSSR count). The first-order chi connectivity index (χ1) is 16.9. The van der Waals surface area contributed by atoms with Gasteiger partial charge in [-0.2, -0.15) is 4.98 Å². The highest BCUT2D eigenvalue weighted by Gasteiger charge is 2.55. The van der Waals surface area contributed by atoms with Gasteiger partial charge in [-0.25, -0.2) is 4.98 Å². The average molecular weight is 476 g/mol. The zero-order valence-corrected chi connectivity index (χ0v) is 19.8. The minimum Gasteiger partial charge on any atom is -0.474 e. The lowest BCUT2D eigenvalue weighted by atomic mass is 9.84. The van der Waals surface area contributed by atoms with Crippen LogP contribution in [0, 0.1) is 0 Å². The second-order valence-corrected chi connectivity index (χ2v) is 11.0. The number of carbonyl (C=O) groups is 1. The van der Waals surface area contributed by atoms with E-state index in [0.717, 1.165) is 57.1 Å². The molecule has 1 saturated heterocycles. The summed E-state index contributed by atoms with van der Waals surface area (Å²) in [6, 6.07) is 3.67. The van der Waals surface area contributed by atoms with E-state index in [-0.39, 0.29) is 40.3 Å². The van der Waals surface area contributed by atoms with Crippen LogP contribution in [0.3, 0.4) is 0 Å². The monoisotopic (exact) mass is 475 g/mol. The summed E-state index contributed by atoms with van der Waals surface area (Å²) in [6.45, 7) is 2.83. The summed E-state index contributed by atoms with van der Waals surface area (Å²) in [4.78, 5) is 35.8. The lowest BCUT2D eigenvalue weighted by molar-refractivity contribution is -0.00627. The maximum atomic E-state index is 13.4. The molecule has 1 N–H and O–H groups in total. The van der Waals surface area contributed by atoms with Gasteiger partial charge in [0.25, 0.3) is 11.5 Å². The van der Waals surface area contributed by atoms with E-state index in [4.69, 9.17) is 14.5 Å². The Hall–Kier alpha value is -3.20. The van der Waals surface area contributed by atoms with Crippen molar-refractivity contribution >= 4 is 17.4 Å². The number of hydrogen-bond acceptors (Lipinski definition) is 6. The summed E-state index contributed by atoms with van der Waals surface area (Å²) in [7, 11) is 0. The Morgan fingerprint density at radius 2 is 2.06 bits per heavy atom. The number of anilines is 1. The molecule has 9 nitrogen and oxygen atoms in total. The lowest BCUT2D eigenvalue weighted by Gasteiger charge is -2.26. The minimum absolute atomic E-state index is 0.0483. The second kappa shape index (κ2) is 7.40. The first kappa shape index (κ1) is 21.1. The van der Waals surface area contributed by atoms with E-state index in [9.17, 15) is 9.59 Å². The van der Waals surface area contributed by atoms with E-state index >= 15 is 0 Å². The topological polar surface area (TPSA) is 99.8 Å². The van der Waals surface area contributed by atoms with Crippen molar-refractivity contribution in [2.75, 3.05) is 11.9 Å². The van der Waals surface area contributed by atoms with Crippen molar-refractivity contribution in [1.29, 1.82) is 0 Å². The third-order valence-corrected chi connectivity index (χ3v) is 8.24. The van der Waals surface area contributed by atoms with Crippen LogP contribution in [0.1, 0.15) is 80.4 Å². The van der Waals surface area contributed by atoms with Crippen molar-refractivity contribution < 1.29 is 14.3 Å². The molecule has 1 amide bonds. The zero-order chi connectivity index (χ0) is 23.8. The third kappa shape index (κ3) is 3.47. The summed E-state index contributed by atoms with van der Waals surface area (Å²) >= 11 is 0. The Bertz CT molecular complexity index is 1390. The molecule has 2 bridgehead atoms. The number of fused-ring (bicyclic) bond motifs is 3. The quantitative estimate of drug-likeness (QED) is 0.585. The van der Waals surface area contributed by atoms with Crippen molar-refractivity contribution in [3.63, 3.8) is 0 Å². The van der Waals surface area contributed by atoms with Crippen LogP contribution < -0.4 is 15.6 Å². The van der Waals surface area contributed by atoms with Crippen molar-refractivity contribution in [2.24, 2.45) is 0 Å². The molecule has 9 heteroatoms. The van der Waals surface area contributed by atoms with Crippen LogP contribution in [-0.4, -0.2) is 43.2 Å². The molecule has 4 heterocycles. The van der Waals surface area contributed by atoms with Crippen LogP contribution >= 0.6 is 0 Å². The van der Waals surface area contributed by atoms with E-state index in [1.807, 2.05) is 6.20 Å². The zero-order valence-electron chi connectivity index (χ0n) is 19.8. The molecule has 0 unspecified atom stereocenters. The van der Waals surface area contributed by atoms with Crippen molar-refractivity contribution in [2.45, 2.75) is 81.5 Å². The predicted octanol–water partition coefficient (Wildman–Crippen LogP) is 3.62. The van der Waals surface area contributed by atoms with Gasteiger partial charge in [-0.15, -0.1) is 0 Å². The van der Waals surface area contributed by atoms with Crippen LogP contribution in [0.5, 0.6) is 5.88 Å². The fourth-order valence-electron chi connectivity index (χ4n) is 5.74. The third-order valence-electron chi connectivity index (χ3n) is 8.24. The Balaban J connectivity index is 1.25. The van der Waals surface area contributed by atoms with Crippen LogP contribution in [0.2, 0.25) is 0 Å². The number of ether oxygens (including phenoxy) is 2. The Morgan fingerprint density at radius 3 is 2.71 bits per heavy atom. The van der Waals surface area contributed by atoms with Gasteiger partial charge >= 0.3 is 0 Å². The lowest BCUT2D eigenvalue weighted by Crippen LogP contribution is -2.28. The molecule has 3 aromatic rings. The number of amides is 1. The van der Waals surface area contributed by atoms with E-state index in [2.05, 4.69) is 17.2 Å². The van der Waals surface area contributed by atoms with Crippen LogP contribution in [0.25, 0.3) is 5.78 Å². The van der Waals surface area contributed by atoms with Crippen LogP contribution in [0.15, 0.2) is 35.5 Å². The Kier molecular flexibility index (Phi) is 4.46. The predicted molar refractivity (Wildman–Crippen MR) is 128 cm³/mol. The van der Waals surface area contributed by atoms with Crippen LogP contribution in [-0.2, 0) is 10.2 Å². The van der Waals surface area contributed by atoms with Crippen molar-refractivity contribution in [3.05, 3.63) is 52.3 Å². The number of pyridine rings is 1. The van der Waals surface area contributed by atoms with E-state index in [0.29, 0.717) is 17.9 Å². The molecule has 4 aliphatic rings. The first-order valence-electron chi connectivity index (χ1n) is 12.6. The standard InChI is InChI=1S/C26H29N5O4/c1-25-9-10-26(14-25,15-34-25)20-13-30-12-18(22(29-24(30)28-20)35-17-4-2-5-17)21(32)27-19-6-3-11-31(23(19)33)16-7-8-16/h3,6,11-13,16-17H,2,4-5,7-10,14-15H2,1H3,(H,27,32)/t25-,26-/m1/s1. The number of nitrogens with zero attached hydrogens (tertiary/aromatic N) is 4. The van der Waals surface area contributed by atoms with Crippen molar-refractivity contribution in [3.8, 4) is 5.88 Å². The highest BCUT2D eigenvalue weighted by atomic mass is 16.5. The minimum atomic E-state index is -0.412. The van der Waals surface area contributed by atoms with Gasteiger partial charge < -0.3 is 19.4 Å². The molecule has 4 fully saturated rings. The fraction of sp³-hybridized carbons (Fsp3) is 0.538. The average Bonchev–Trinajstić information content (AvgIpc) is 3.34. The SMILES string of the molecule is C[C@]12CC[C@](c3cn4cc(C(=O)Nc5cccn(C6CC6)c5=O)c(OC5CCC5)nc4n3)(CO1)C2. The second-order valence-electron chi connectivity index (χ2n) is 11.0. The molecule has 2 atom stereocenters.